The summed E-state index contributed by atoms with van der Waals surface area (Å²) in [6.07, 6.45) is 1.65. The Morgan fingerprint density at radius 3 is 2.12 bits per heavy atom. The van der Waals surface area contributed by atoms with Gasteiger partial charge in [-0.2, -0.15) is 0 Å². The molecule has 0 heterocycles. The summed E-state index contributed by atoms with van der Waals surface area (Å²) in [6, 6.07) is 36.0. The Labute approximate surface area is 294 Å². The summed E-state index contributed by atoms with van der Waals surface area (Å²) >= 11 is 7.67. The zero-order valence-corrected chi connectivity index (χ0v) is 28.6. The number of rotatable bonds is 12. The minimum absolute atomic E-state index is 0.0786. The minimum atomic E-state index is -0.681. The van der Waals surface area contributed by atoms with Crippen LogP contribution in [0.3, 0.4) is 0 Å². The van der Waals surface area contributed by atoms with Crippen molar-refractivity contribution in [2.75, 3.05) is 24.9 Å². The molecule has 0 spiro atoms. The highest BCUT2D eigenvalue weighted by molar-refractivity contribution is 8.00. The number of carbonyl (C=O) groups is 3. The largest absolute Gasteiger partial charge is 0.495 e. The zero-order valence-electron chi connectivity index (χ0n) is 27.0. The highest BCUT2D eigenvalue weighted by atomic mass is 35.5. The van der Waals surface area contributed by atoms with Gasteiger partial charge in [0.1, 0.15) is 22.4 Å². The number of methoxy groups -OCH3 is 2. The van der Waals surface area contributed by atoms with Crippen LogP contribution in [0.15, 0.2) is 132 Å². The fourth-order valence-corrected chi connectivity index (χ4v) is 6.21. The Morgan fingerprint density at radius 1 is 0.755 bits per heavy atom. The molecule has 0 aliphatic rings. The van der Waals surface area contributed by atoms with Gasteiger partial charge in [0.15, 0.2) is 0 Å². The van der Waals surface area contributed by atoms with E-state index in [1.54, 1.807) is 60.7 Å². The maximum atomic E-state index is 13.8. The second-order valence-corrected chi connectivity index (χ2v) is 12.4. The van der Waals surface area contributed by atoms with Crippen LogP contribution in [-0.4, -0.2) is 31.9 Å². The molecule has 3 N–H and O–H groups in total. The van der Waals surface area contributed by atoms with Crippen LogP contribution in [0.2, 0.25) is 5.02 Å². The van der Waals surface area contributed by atoms with Crippen LogP contribution in [0.25, 0.3) is 6.08 Å². The number of anilines is 2. The average Bonchev–Trinajstić information content (AvgIpc) is 3.12. The number of nitrogens with one attached hydrogen (secondary N) is 3. The first-order valence-electron chi connectivity index (χ1n) is 15.2. The van der Waals surface area contributed by atoms with Crippen LogP contribution >= 0.6 is 23.4 Å². The van der Waals surface area contributed by atoms with Crippen molar-refractivity contribution in [1.82, 2.24) is 5.32 Å². The molecule has 49 heavy (non-hydrogen) atoms. The molecule has 10 heteroatoms. The molecule has 8 nitrogen and oxygen atoms in total. The summed E-state index contributed by atoms with van der Waals surface area (Å²) < 4.78 is 10.8. The molecule has 0 saturated carbocycles. The molecule has 0 bridgehead atoms. The van der Waals surface area contributed by atoms with Gasteiger partial charge in [-0.1, -0.05) is 90.5 Å². The Hall–Kier alpha value is -5.51. The summed E-state index contributed by atoms with van der Waals surface area (Å²) in [7, 11) is 3.00. The van der Waals surface area contributed by atoms with E-state index in [1.165, 1.54) is 26.0 Å². The fourth-order valence-electron chi connectivity index (χ4n) is 4.89. The maximum absolute atomic E-state index is 13.8. The fraction of sp³-hybridized carbons (Fsp3) is 0.103. The van der Waals surface area contributed by atoms with Crippen molar-refractivity contribution in [2.45, 2.75) is 17.1 Å². The van der Waals surface area contributed by atoms with Crippen LogP contribution in [0.1, 0.15) is 32.3 Å². The van der Waals surface area contributed by atoms with E-state index in [-0.39, 0.29) is 11.6 Å². The third kappa shape index (κ3) is 9.10. The van der Waals surface area contributed by atoms with Crippen LogP contribution in [0.4, 0.5) is 11.4 Å². The maximum Gasteiger partial charge on any atom is 0.272 e. The summed E-state index contributed by atoms with van der Waals surface area (Å²) in [5, 5.41) is 8.29. The lowest BCUT2D eigenvalue weighted by molar-refractivity contribution is -0.116. The Bertz CT molecular complexity index is 1990. The molecule has 0 saturated heterocycles. The number of halogens is 1. The van der Waals surface area contributed by atoms with Crippen molar-refractivity contribution in [3.05, 3.63) is 154 Å². The summed E-state index contributed by atoms with van der Waals surface area (Å²) in [5.41, 5.74) is 3.88. The van der Waals surface area contributed by atoms with Crippen molar-refractivity contribution < 1.29 is 23.9 Å². The first-order valence-corrected chi connectivity index (χ1v) is 16.5. The number of hydrogen-bond donors (Lipinski definition) is 3. The molecule has 0 aromatic heterocycles. The van der Waals surface area contributed by atoms with Crippen LogP contribution in [0.5, 0.6) is 11.5 Å². The number of aryl methyl sites for hydroxylation is 1. The van der Waals surface area contributed by atoms with Crippen molar-refractivity contribution >= 4 is 58.5 Å². The van der Waals surface area contributed by atoms with Gasteiger partial charge in [-0.15, -0.1) is 11.8 Å². The lowest BCUT2D eigenvalue weighted by Crippen LogP contribution is -2.30. The van der Waals surface area contributed by atoms with E-state index in [1.807, 2.05) is 73.7 Å². The number of benzene rings is 5. The van der Waals surface area contributed by atoms with E-state index in [0.717, 1.165) is 21.6 Å². The third-order valence-corrected chi connectivity index (χ3v) is 8.98. The average molecular weight is 692 g/mol. The van der Waals surface area contributed by atoms with E-state index < -0.39 is 17.1 Å². The number of carbonyl (C=O) groups excluding carboxylic acids is 3. The van der Waals surface area contributed by atoms with Crippen molar-refractivity contribution in [3.8, 4) is 11.5 Å². The summed E-state index contributed by atoms with van der Waals surface area (Å²) in [5.74, 6) is -0.412. The third-order valence-electron chi connectivity index (χ3n) is 7.44. The molecule has 5 aromatic carbocycles. The first-order chi connectivity index (χ1) is 23.7. The lowest BCUT2D eigenvalue weighted by Gasteiger charge is -2.19. The molecule has 0 aliphatic carbocycles. The van der Waals surface area contributed by atoms with E-state index in [0.29, 0.717) is 33.5 Å². The molecule has 3 amide bonds. The molecular formula is C39H34ClN3O5S. The highest BCUT2D eigenvalue weighted by Gasteiger charge is 2.24. The first kappa shape index (κ1) is 34.8. The Morgan fingerprint density at radius 2 is 1.43 bits per heavy atom. The molecule has 0 aliphatic heterocycles. The van der Waals surface area contributed by atoms with Gasteiger partial charge < -0.3 is 25.4 Å². The van der Waals surface area contributed by atoms with Gasteiger partial charge in [-0.25, -0.2) is 0 Å². The van der Waals surface area contributed by atoms with Gasteiger partial charge in [0.05, 0.1) is 24.9 Å². The van der Waals surface area contributed by atoms with Crippen LogP contribution < -0.4 is 25.4 Å². The van der Waals surface area contributed by atoms with E-state index >= 15 is 0 Å². The lowest BCUT2D eigenvalue weighted by atomic mass is 10.1. The summed E-state index contributed by atoms with van der Waals surface area (Å²) in [4.78, 5) is 41.4. The van der Waals surface area contributed by atoms with E-state index in [9.17, 15) is 14.4 Å². The normalized spacial score (nSPS) is 11.6. The predicted molar refractivity (Wildman–Crippen MR) is 196 cm³/mol. The minimum Gasteiger partial charge on any atom is -0.495 e. The smallest absolute Gasteiger partial charge is 0.272 e. The van der Waals surface area contributed by atoms with Crippen molar-refractivity contribution in [1.29, 1.82) is 0 Å². The van der Waals surface area contributed by atoms with E-state index in [4.69, 9.17) is 21.1 Å². The van der Waals surface area contributed by atoms with Gasteiger partial charge in [0.25, 0.3) is 11.8 Å². The Balaban J connectivity index is 1.40. The van der Waals surface area contributed by atoms with E-state index in [2.05, 4.69) is 16.0 Å². The van der Waals surface area contributed by atoms with Crippen LogP contribution in [0, 0.1) is 6.92 Å². The van der Waals surface area contributed by atoms with Crippen molar-refractivity contribution in [3.63, 3.8) is 0 Å². The second kappa shape index (κ2) is 16.5. The number of amides is 3. The molecular weight excluding hydrogens is 658 g/mol. The standard InChI is InChI=1S/C39H34ClN3O5S/c1-25-13-10-11-18-28(25)21-33(43-37(44)27-16-8-5-9-17-27)38(45)41-29-19-12-20-30(22-29)49-36(26-14-6-4-7-15-26)39(46)42-32-23-31(40)34(47-2)24-35(32)48-3/h4-24,36H,1-3H3,(H,41,45)(H,42,46)(H,43,44)/b33-21-. The van der Waals surface area contributed by atoms with Gasteiger partial charge in [-0.3, -0.25) is 14.4 Å². The van der Waals surface area contributed by atoms with Gasteiger partial charge in [-0.05, 0) is 66.1 Å². The van der Waals surface area contributed by atoms with Crippen molar-refractivity contribution in [2.24, 2.45) is 0 Å². The quantitative estimate of drug-likeness (QED) is 0.0895. The predicted octanol–water partition coefficient (Wildman–Crippen LogP) is 8.55. The molecule has 1 atom stereocenters. The molecule has 248 valence electrons. The molecule has 5 rings (SSSR count). The number of hydrogen-bond acceptors (Lipinski definition) is 6. The molecule has 0 radical (unpaired) electrons. The Kier molecular flexibility index (Phi) is 11.8. The number of thioether (sulfide) groups is 1. The van der Waals surface area contributed by atoms with Gasteiger partial charge >= 0.3 is 0 Å². The SMILES string of the molecule is COc1cc(OC)c(NC(=O)C(Sc2cccc(NC(=O)/C(=C/c3ccccc3C)NC(=O)c3ccccc3)c2)c2ccccc2)cc1Cl. The van der Waals surface area contributed by atoms with Gasteiger partial charge in [0.2, 0.25) is 5.91 Å². The molecule has 1 unspecified atom stereocenters. The molecule has 0 fully saturated rings. The van der Waals surface area contributed by atoms with Crippen LogP contribution in [-0.2, 0) is 9.59 Å². The highest BCUT2D eigenvalue weighted by Crippen LogP contribution is 2.40. The topological polar surface area (TPSA) is 106 Å². The molecule has 5 aromatic rings. The summed E-state index contributed by atoms with van der Waals surface area (Å²) in [6.45, 7) is 1.93. The zero-order chi connectivity index (χ0) is 34.8. The second-order valence-electron chi connectivity index (χ2n) is 10.8. The van der Waals surface area contributed by atoms with Gasteiger partial charge in [0, 0.05) is 22.2 Å². The monoisotopic (exact) mass is 691 g/mol. The number of ether oxygens (including phenoxy) is 2.